The summed E-state index contributed by atoms with van der Waals surface area (Å²) in [5, 5.41) is 3.84. The molecule has 268 valence electrons. The first-order valence-electron chi connectivity index (χ1n) is 15.9. The third kappa shape index (κ3) is 24.2. The van der Waals surface area contributed by atoms with Crippen LogP contribution >= 0.6 is 47.8 Å². The summed E-state index contributed by atoms with van der Waals surface area (Å²) in [6.45, 7) is 19.1. The lowest BCUT2D eigenvalue weighted by Crippen LogP contribution is -2.37. The van der Waals surface area contributed by atoms with Crippen LogP contribution in [0.25, 0.3) is 0 Å². The van der Waals surface area contributed by atoms with Gasteiger partial charge in [0.1, 0.15) is 11.2 Å². The zero-order chi connectivity index (χ0) is 36.4. The molecule has 0 fully saturated rings. The van der Waals surface area contributed by atoms with Gasteiger partial charge in [-0.3, -0.25) is 0 Å². The van der Waals surface area contributed by atoms with Gasteiger partial charge in [-0.05, 0) is 144 Å². The number of alkyl carbamates (subject to hydrolysis) is 1. The van der Waals surface area contributed by atoms with Crippen molar-refractivity contribution in [1.29, 1.82) is 0 Å². The highest BCUT2D eigenvalue weighted by atomic mass is 79.9. The van der Waals surface area contributed by atoms with Crippen molar-refractivity contribution in [3.63, 3.8) is 0 Å². The number of hydrogen-bond acceptors (Lipinski definition) is 6. The van der Waals surface area contributed by atoms with Crippen molar-refractivity contribution in [3.05, 3.63) is 67.6 Å². The van der Waals surface area contributed by atoms with Gasteiger partial charge in [0, 0.05) is 33.9 Å². The molecule has 0 saturated heterocycles. The highest BCUT2D eigenvalue weighted by Crippen LogP contribution is 2.20. The number of carbonyl (C=O) groups excluding carboxylic acids is 2. The third-order valence-electron chi connectivity index (χ3n) is 6.08. The van der Waals surface area contributed by atoms with Crippen LogP contribution in [0.1, 0.15) is 76.6 Å². The van der Waals surface area contributed by atoms with E-state index in [2.05, 4.69) is 90.0 Å². The highest BCUT2D eigenvalue weighted by Gasteiger charge is 2.22. The van der Waals surface area contributed by atoms with Crippen molar-refractivity contribution in [2.24, 2.45) is 0 Å². The predicted molar refractivity (Wildman–Crippen MR) is 208 cm³/mol. The van der Waals surface area contributed by atoms with Crippen molar-refractivity contribution in [3.8, 4) is 0 Å². The molecule has 0 aliphatic heterocycles. The van der Waals surface area contributed by atoms with Crippen LogP contribution < -0.4 is 5.32 Å². The SMILES string of the molecule is CN(C)CCCBr.Cc1cc(CN(CCCN(C)C)C(=O)OC(C)(C)C)ccc1Br.Cc1cc(CNC(=O)OC(C)(C)C)ccc1Br. The Balaban J connectivity index is 0.000000770. The Morgan fingerprint density at radius 1 is 0.723 bits per heavy atom. The average Bonchev–Trinajstić information content (AvgIpc) is 2.92. The van der Waals surface area contributed by atoms with E-state index in [1.54, 1.807) is 4.90 Å². The lowest BCUT2D eigenvalue weighted by Gasteiger charge is -2.28. The maximum absolute atomic E-state index is 12.5. The Morgan fingerprint density at radius 3 is 1.62 bits per heavy atom. The summed E-state index contributed by atoms with van der Waals surface area (Å²) in [7, 11) is 8.25. The van der Waals surface area contributed by atoms with Crippen molar-refractivity contribution < 1.29 is 19.1 Å². The van der Waals surface area contributed by atoms with Crippen LogP contribution in [0.15, 0.2) is 45.3 Å². The molecule has 2 aromatic rings. The first-order chi connectivity index (χ1) is 21.6. The fraction of sp³-hybridized carbons (Fsp3) is 0.611. The van der Waals surface area contributed by atoms with E-state index < -0.39 is 17.3 Å². The van der Waals surface area contributed by atoms with E-state index in [-0.39, 0.29) is 6.09 Å². The van der Waals surface area contributed by atoms with Gasteiger partial charge >= 0.3 is 12.2 Å². The van der Waals surface area contributed by atoms with E-state index in [1.165, 1.54) is 18.5 Å². The van der Waals surface area contributed by atoms with Gasteiger partial charge in [0.05, 0.1) is 0 Å². The van der Waals surface area contributed by atoms with Crippen LogP contribution in [0.2, 0.25) is 0 Å². The third-order valence-corrected chi connectivity index (χ3v) is 8.42. The Bertz CT molecular complexity index is 1210. The molecule has 2 aromatic carbocycles. The maximum atomic E-state index is 12.5. The summed E-state index contributed by atoms with van der Waals surface area (Å²) in [5.74, 6) is 0. The van der Waals surface area contributed by atoms with Crippen molar-refractivity contribution in [1.82, 2.24) is 20.0 Å². The molecular formula is C36H59Br3N4O4. The summed E-state index contributed by atoms with van der Waals surface area (Å²) in [6, 6.07) is 12.1. The van der Waals surface area contributed by atoms with Crippen molar-refractivity contribution in [2.45, 2.75) is 92.5 Å². The molecule has 0 bridgehead atoms. The molecule has 0 radical (unpaired) electrons. The van der Waals surface area contributed by atoms with Gasteiger partial charge < -0.3 is 29.5 Å². The summed E-state index contributed by atoms with van der Waals surface area (Å²) in [6.07, 6.45) is 1.52. The van der Waals surface area contributed by atoms with Gasteiger partial charge in [-0.1, -0.05) is 72.1 Å². The normalized spacial score (nSPS) is 11.3. The number of nitrogens with zero attached hydrogens (tertiary/aromatic N) is 3. The van der Waals surface area contributed by atoms with Crippen LogP contribution in [0.3, 0.4) is 0 Å². The second-order valence-corrected chi connectivity index (χ2v) is 16.4. The maximum Gasteiger partial charge on any atom is 0.410 e. The minimum atomic E-state index is -0.480. The number of ether oxygens (including phenoxy) is 2. The van der Waals surface area contributed by atoms with E-state index in [0.29, 0.717) is 19.6 Å². The largest absolute Gasteiger partial charge is 0.444 e. The quantitative estimate of drug-likeness (QED) is 0.227. The zero-order valence-electron chi connectivity index (χ0n) is 30.7. The molecule has 8 nitrogen and oxygen atoms in total. The smallest absolute Gasteiger partial charge is 0.410 e. The number of alkyl halides is 1. The molecule has 0 saturated carbocycles. The number of aryl methyl sites for hydroxylation is 2. The van der Waals surface area contributed by atoms with Gasteiger partial charge in [0.2, 0.25) is 0 Å². The van der Waals surface area contributed by atoms with Crippen LogP contribution in [0.5, 0.6) is 0 Å². The summed E-state index contributed by atoms with van der Waals surface area (Å²) < 4.78 is 12.9. The Morgan fingerprint density at radius 2 is 1.19 bits per heavy atom. The number of rotatable bonds is 11. The number of benzene rings is 2. The van der Waals surface area contributed by atoms with Gasteiger partial charge in [-0.25, -0.2) is 9.59 Å². The Hall–Kier alpha value is -1.66. The minimum Gasteiger partial charge on any atom is -0.444 e. The zero-order valence-corrected chi connectivity index (χ0v) is 35.5. The van der Waals surface area contributed by atoms with Crippen LogP contribution in [0, 0.1) is 13.8 Å². The second kappa shape index (κ2) is 22.9. The van der Waals surface area contributed by atoms with Gasteiger partial charge in [-0.2, -0.15) is 0 Å². The van der Waals surface area contributed by atoms with E-state index in [4.69, 9.17) is 9.47 Å². The van der Waals surface area contributed by atoms with Crippen LogP contribution in [-0.2, 0) is 22.6 Å². The predicted octanol–water partition coefficient (Wildman–Crippen LogP) is 9.56. The number of amides is 2. The molecule has 0 heterocycles. The molecule has 11 heteroatoms. The van der Waals surface area contributed by atoms with Gasteiger partial charge in [0.15, 0.2) is 0 Å². The molecule has 47 heavy (non-hydrogen) atoms. The van der Waals surface area contributed by atoms with Crippen molar-refractivity contribution >= 4 is 60.0 Å². The van der Waals surface area contributed by atoms with E-state index in [9.17, 15) is 9.59 Å². The standard InChI is InChI=1S/C18H29BrN2O2.C13H18BrNO2.C5H12BrN/c1-14-12-15(8-9-16(14)19)13-21(11-7-10-20(5)6)17(22)23-18(2,3)4;1-9-7-10(5-6-11(9)14)8-15-12(16)17-13(2,3)4;1-7(2)5-3-4-6/h8-9,12H,7,10-11,13H2,1-6H3;5-7H,8H2,1-4H3,(H,15,16);3-5H2,1-2H3. The van der Waals surface area contributed by atoms with E-state index in [0.717, 1.165) is 43.9 Å². The monoisotopic (exact) mass is 848 g/mol. The molecular weight excluding hydrogens is 792 g/mol. The first kappa shape index (κ1) is 45.3. The lowest BCUT2D eigenvalue weighted by atomic mass is 10.1. The molecule has 0 aliphatic carbocycles. The molecule has 0 aliphatic rings. The molecule has 1 N–H and O–H groups in total. The van der Waals surface area contributed by atoms with Gasteiger partial charge in [0.25, 0.3) is 0 Å². The van der Waals surface area contributed by atoms with Gasteiger partial charge in [-0.15, -0.1) is 0 Å². The number of nitrogens with one attached hydrogen (secondary N) is 1. The number of halogens is 3. The summed E-state index contributed by atoms with van der Waals surface area (Å²) in [4.78, 5) is 30.0. The summed E-state index contributed by atoms with van der Waals surface area (Å²) in [5.41, 5.74) is 3.54. The Kier molecular flexibility index (Phi) is 22.1. The second-order valence-electron chi connectivity index (χ2n) is 13.9. The fourth-order valence-electron chi connectivity index (χ4n) is 3.85. The molecule has 0 aromatic heterocycles. The number of hydrogen-bond donors (Lipinski definition) is 1. The molecule has 0 unspecified atom stereocenters. The molecule has 2 amide bonds. The van der Waals surface area contributed by atoms with E-state index >= 15 is 0 Å². The topological polar surface area (TPSA) is 74.4 Å². The summed E-state index contributed by atoms with van der Waals surface area (Å²) >= 11 is 10.3. The highest BCUT2D eigenvalue weighted by molar-refractivity contribution is 9.10. The lowest BCUT2D eigenvalue weighted by molar-refractivity contribution is 0.0228. The first-order valence-corrected chi connectivity index (χ1v) is 18.6. The molecule has 2 rings (SSSR count). The average molecular weight is 852 g/mol. The Labute approximate surface area is 310 Å². The van der Waals surface area contributed by atoms with Crippen LogP contribution in [0.4, 0.5) is 9.59 Å². The molecule has 0 spiro atoms. The van der Waals surface area contributed by atoms with Crippen molar-refractivity contribution in [2.75, 3.05) is 53.2 Å². The van der Waals surface area contributed by atoms with Crippen LogP contribution in [-0.4, -0.2) is 91.2 Å². The van der Waals surface area contributed by atoms with E-state index in [1.807, 2.05) is 92.9 Å². The molecule has 0 atom stereocenters. The number of carbonyl (C=O) groups is 2. The minimum absolute atomic E-state index is 0.253. The fourth-order valence-corrected chi connectivity index (χ4v) is 4.59.